The zero-order valence-corrected chi connectivity index (χ0v) is 11.6. The molecular weight excluding hydrogens is 270 g/mol. The summed E-state index contributed by atoms with van der Waals surface area (Å²) >= 11 is 0. The minimum atomic E-state index is -0.827. The molecular formula is C15H17N3O3. The number of fused-ring (bicyclic) bond motifs is 1. The Labute approximate surface area is 122 Å². The number of carbonyl (C=O) groups excluding carboxylic acids is 1. The number of benzene rings is 1. The topological polar surface area (TPSA) is 76.6 Å². The summed E-state index contributed by atoms with van der Waals surface area (Å²) in [7, 11) is 0. The number of piperazine rings is 1. The van der Waals surface area contributed by atoms with Gasteiger partial charge in [-0.1, -0.05) is 6.07 Å². The standard InChI is InChI=1S/C15H17N3O3/c19-14(20)10-17-6-8-18(9-7-17)15(21)12-2-1-3-13-11(12)4-5-16-13/h1-5,16H,6-10H2,(H,19,20). The summed E-state index contributed by atoms with van der Waals surface area (Å²) < 4.78 is 0. The second-order valence-corrected chi connectivity index (χ2v) is 5.21. The van der Waals surface area contributed by atoms with Gasteiger partial charge in [0.25, 0.3) is 5.91 Å². The third-order valence-electron chi connectivity index (χ3n) is 3.84. The van der Waals surface area contributed by atoms with Crippen molar-refractivity contribution in [1.82, 2.24) is 14.8 Å². The highest BCUT2D eigenvalue weighted by atomic mass is 16.4. The van der Waals surface area contributed by atoms with Crippen molar-refractivity contribution in [2.24, 2.45) is 0 Å². The monoisotopic (exact) mass is 287 g/mol. The Bertz CT molecular complexity index is 672. The molecule has 1 fully saturated rings. The van der Waals surface area contributed by atoms with Crippen molar-refractivity contribution in [3.63, 3.8) is 0 Å². The second kappa shape index (κ2) is 5.57. The predicted molar refractivity (Wildman–Crippen MR) is 78.3 cm³/mol. The van der Waals surface area contributed by atoms with Crippen LogP contribution in [0, 0.1) is 0 Å². The third kappa shape index (κ3) is 2.75. The normalized spacial score (nSPS) is 16.3. The molecule has 2 aromatic rings. The first kappa shape index (κ1) is 13.6. The summed E-state index contributed by atoms with van der Waals surface area (Å²) in [5, 5.41) is 9.71. The molecule has 0 aliphatic carbocycles. The number of H-pyrrole nitrogens is 1. The summed E-state index contributed by atoms with van der Waals surface area (Å²) in [5.41, 5.74) is 1.64. The minimum Gasteiger partial charge on any atom is -0.480 e. The lowest BCUT2D eigenvalue weighted by atomic mass is 10.1. The number of aromatic amines is 1. The van der Waals surface area contributed by atoms with Gasteiger partial charge in [-0.3, -0.25) is 14.5 Å². The number of nitrogens with one attached hydrogen (secondary N) is 1. The van der Waals surface area contributed by atoms with Crippen molar-refractivity contribution in [2.75, 3.05) is 32.7 Å². The van der Waals surface area contributed by atoms with Crippen LogP contribution >= 0.6 is 0 Å². The molecule has 2 heterocycles. The zero-order chi connectivity index (χ0) is 14.8. The van der Waals surface area contributed by atoms with Crippen LogP contribution < -0.4 is 0 Å². The number of carboxylic acids is 1. The molecule has 1 amide bonds. The van der Waals surface area contributed by atoms with Crippen LogP contribution in [-0.4, -0.2) is 64.5 Å². The molecule has 0 saturated carbocycles. The van der Waals surface area contributed by atoms with Gasteiger partial charge in [0.15, 0.2) is 0 Å². The van der Waals surface area contributed by atoms with Crippen LogP contribution in [0.4, 0.5) is 0 Å². The Hall–Kier alpha value is -2.34. The Morgan fingerprint density at radius 2 is 1.90 bits per heavy atom. The van der Waals surface area contributed by atoms with Crippen molar-refractivity contribution in [2.45, 2.75) is 0 Å². The minimum absolute atomic E-state index is 0.00942. The van der Waals surface area contributed by atoms with Gasteiger partial charge in [0.05, 0.1) is 6.54 Å². The molecule has 1 saturated heterocycles. The molecule has 0 spiro atoms. The van der Waals surface area contributed by atoms with E-state index >= 15 is 0 Å². The van der Waals surface area contributed by atoms with E-state index < -0.39 is 5.97 Å². The first-order valence-electron chi connectivity index (χ1n) is 6.94. The summed E-state index contributed by atoms with van der Waals surface area (Å²) in [6, 6.07) is 7.55. The number of aromatic nitrogens is 1. The molecule has 1 aromatic carbocycles. The maximum Gasteiger partial charge on any atom is 0.317 e. The molecule has 2 N–H and O–H groups in total. The van der Waals surface area contributed by atoms with E-state index in [4.69, 9.17) is 5.11 Å². The molecule has 1 aliphatic rings. The van der Waals surface area contributed by atoms with Gasteiger partial charge >= 0.3 is 5.97 Å². The number of hydrogen-bond acceptors (Lipinski definition) is 3. The average Bonchev–Trinajstić information content (AvgIpc) is 2.95. The number of amides is 1. The Balaban J connectivity index is 1.72. The van der Waals surface area contributed by atoms with E-state index in [0.717, 1.165) is 10.9 Å². The van der Waals surface area contributed by atoms with Crippen LogP contribution in [0.3, 0.4) is 0 Å². The van der Waals surface area contributed by atoms with Crippen molar-refractivity contribution in [3.05, 3.63) is 36.0 Å². The number of rotatable bonds is 3. The zero-order valence-electron chi connectivity index (χ0n) is 11.6. The van der Waals surface area contributed by atoms with Gasteiger partial charge < -0.3 is 15.0 Å². The lowest BCUT2D eigenvalue weighted by molar-refractivity contribution is -0.138. The summed E-state index contributed by atoms with van der Waals surface area (Å²) in [4.78, 5) is 30.1. The molecule has 6 nitrogen and oxygen atoms in total. The second-order valence-electron chi connectivity index (χ2n) is 5.21. The van der Waals surface area contributed by atoms with Gasteiger partial charge in [-0.15, -0.1) is 0 Å². The van der Waals surface area contributed by atoms with Gasteiger partial charge in [-0.25, -0.2) is 0 Å². The van der Waals surface area contributed by atoms with Gasteiger partial charge in [0.1, 0.15) is 0 Å². The first-order valence-corrected chi connectivity index (χ1v) is 6.94. The van der Waals surface area contributed by atoms with Crippen molar-refractivity contribution >= 4 is 22.8 Å². The molecule has 0 atom stereocenters. The van der Waals surface area contributed by atoms with Gasteiger partial charge in [-0.05, 0) is 18.2 Å². The molecule has 110 valence electrons. The SMILES string of the molecule is O=C(O)CN1CCN(C(=O)c2cccc3[nH]ccc23)CC1. The van der Waals surface area contributed by atoms with Gasteiger partial charge in [-0.2, -0.15) is 0 Å². The van der Waals surface area contributed by atoms with E-state index in [1.165, 1.54) is 0 Å². The largest absolute Gasteiger partial charge is 0.480 e. The average molecular weight is 287 g/mol. The van der Waals surface area contributed by atoms with Crippen molar-refractivity contribution < 1.29 is 14.7 Å². The number of nitrogens with zero attached hydrogens (tertiary/aromatic N) is 2. The predicted octanol–water partition coefficient (Wildman–Crippen LogP) is 1.01. The maximum absolute atomic E-state index is 12.6. The Morgan fingerprint density at radius 1 is 1.14 bits per heavy atom. The van der Waals surface area contributed by atoms with Crippen molar-refractivity contribution in [3.8, 4) is 0 Å². The fourth-order valence-electron chi connectivity index (χ4n) is 2.74. The molecule has 6 heteroatoms. The Kier molecular flexibility index (Phi) is 3.62. The van der Waals surface area contributed by atoms with Crippen LogP contribution in [0.1, 0.15) is 10.4 Å². The van der Waals surface area contributed by atoms with E-state index in [1.54, 1.807) is 4.90 Å². The molecule has 3 rings (SSSR count). The highest BCUT2D eigenvalue weighted by Crippen LogP contribution is 2.19. The summed E-state index contributed by atoms with van der Waals surface area (Å²) in [6.07, 6.45) is 1.83. The van der Waals surface area contributed by atoms with Crippen LogP contribution in [0.5, 0.6) is 0 Å². The van der Waals surface area contributed by atoms with Crippen LogP contribution in [0.15, 0.2) is 30.5 Å². The number of carboxylic acid groups (broad SMARTS) is 1. The van der Waals surface area contributed by atoms with Crippen LogP contribution in [0.2, 0.25) is 0 Å². The van der Waals surface area contributed by atoms with Gasteiger partial charge in [0, 0.05) is 48.8 Å². The number of hydrogen-bond donors (Lipinski definition) is 2. The smallest absolute Gasteiger partial charge is 0.317 e. The molecule has 0 radical (unpaired) electrons. The Morgan fingerprint density at radius 3 is 2.62 bits per heavy atom. The highest BCUT2D eigenvalue weighted by Gasteiger charge is 2.24. The molecule has 1 aromatic heterocycles. The quantitative estimate of drug-likeness (QED) is 0.883. The molecule has 0 bridgehead atoms. The first-order chi connectivity index (χ1) is 10.1. The molecule has 21 heavy (non-hydrogen) atoms. The highest BCUT2D eigenvalue weighted by molar-refractivity contribution is 6.06. The third-order valence-corrected chi connectivity index (χ3v) is 3.84. The fraction of sp³-hybridized carbons (Fsp3) is 0.333. The maximum atomic E-state index is 12.6. The van der Waals surface area contributed by atoms with E-state index in [2.05, 4.69) is 4.98 Å². The van der Waals surface area contributed by atoms with E-state index in [-0.39, 0.29) is 12.5 Å². The van der Waals surface area contributed by atoms with Crippen molar-refractivity contribution in [1.29, 1.82) is 0 Å². The van der Waals surface area contributed by atoms with Crippen LogP contribution in [0.25, 0.3) is 10.9 Å². The fourth-order valence-corrected chi connectivity index (χ4v) is 2.74. The molecule has 1 aliphatic heterocycles. The summed E-state index contributed by atoms with van der Waals surface area (Å²) in [5.74, 6) is -0.818. The lowest BCUT2D eigenvalue weighted by Gasteiger charge is -2.34. The van der Waals surface area contributed by atoms with E-state index in [9.17, 15) is 9.59 Å². The lowest BCUT2D eigenvalue weighted by Crippen LogP contribution is -2.49. The van der Waals surface area contributed by atoms with E-state index in [1.807, 2.05) is 35.4 Å². The van der Waals surface area contributed by atoms with Crippen LogP contribution in [-0.2, 0) is 4.79 Å². The molecule has 0 unspecified atom stereocenters. The number of aliphatic carboxylic acids is 1. The van der Waals surface area contributed by atoms with E-state index in [0.29, 0.717) is 31.7 Å². The number of carbonyl (C=O) groups is 2. The van der Waals surface area contributed by atoms with Gasteiger partial charge in [0.2, 0.25) is 0 Å². The summed E-state index contributed by atoms with van der Waals surface area (Å²) in [6.45, 7) is 2.36.